The number of benzene rings is 1. The summed E-state index contributed by atoms with van der Waals surface area (Å²) in [7, 11) is 1.82. The van der Waals surface area contributed by atoms with Crippen LogP contribution in [0.4, 0.5) is 0 Å². The van der Waals surface area contributed by atoms with E-state index in [0.717, 1.165) is 18.0 Å². The molecule has 1 aliphatic carbocycles. The average Bonchev–Trinajstić information content (AvgIpc) is 3.24. The molecular formula is C15H26ClN3O2S. The van der Waals surface area contributed by atoms with Crippen molar-refractivity contribution in [3.8, 4) is 0 Å². The highest BCUT2D eigenvalue weighted by Crippen LogP contribution is 2.34. The van der Waals surface area contributed by atoms with E-state index in [2.05, 4.69) is 11.9 Å². The first-order valence-corrected chi connectivity index (χ1v) is 8.72. The van der Waals surface area contributed by atoms with Crippen LogP contribution in [0.1, 0.15) is 18.4 Å². The Morgan fingerprint density at radius 1 is 1.18 bits per heavy atom. The number of hydrogen-bond acceptors (Lipinski definition) is 4. The zero-order valence-electron chi connectivity index (χ0n) is 13.4. The predicted octanol–water partition coefficient (Wildman–Crippen LogP) is 1.53. The minimum Gasteiger partial charge on any atom is -0.329 e. The van der Waals surface area contributed by atoms with Crippen molar-refractivity contribution in [2.75, 3.05) is 27.7 Å². The van der Waals surface area contributed by atoms with Crippen LogP contribution in [0, 0.1) is 5.92 Å². The Labute approximate surface area is 139 Å². The van der Waals surface area contributed by atoms with Gasteiger partial charge in [0.05, 0.1) is 4.90 Å². The molecule has 0 aromatic heterocycles. The van der Waals surface area contributed by atoms with Crippen LogP contribution in [-0.2, 0) is 16.6 Å². The molecule has 7 heteroatoms. The molecule has 1 atom stereocenters. The van der Waals surface area contributed by atoms with Crippen LogP contribution < -0.4 is 5.73 Å². The summed E-state index contributed by atoms with van der Waals surface area (Å²) in [6.45, 7) is 1.47. The van der Waals surface area contributed by atoms with Crippen molar-refractivity contribution >= 4 is 22.4 Å². The third-order valence-corrected chi connectivity index (χ3v) is 5.94. The summed E-state index contributed by atoms with van der Waals surface area (Å²) in [5.74, 6) is 0.730. The van der Waals surface area contributed by atoms with Crippen molar-refractivity contribution in [2.24, 2.45) is 11.7 Å². The van der Waals surface area contributed by atoms with E-state index in [9.17, 15) is 8.42 Å². The van der Waals surface area contributed by atoms with E-state index in [4.69, 9.17) is 5.73 Å². The first-order valence-electron chi connectivity index (χ1n) is 7.28. The molecular weight excluding hydrogens is 322 g/mol. The molecule has 22 heavy (non-hydrogen) atoms. The summed E-state index contributed by atoms with van der Waals surface area (Å²) < 4.78 is 25.3. The SMILES string of the molecule is CN(Cc1ccc(S(=O)(=O)N(C)C)cc1)C(CN)C1CC1.Cl. The lowest BCUT2D eigenvalue weighted by atomic mass is 10.1. The highest BCUT2D eigenvalue weighted by atomic mass is 35.5. The molecule has 1 saturated carbocycles. The molecule has 2 rings (SSSR count). The number of nitrogens with zero attached hydrogens (tertiary/aromatic N) is 2. The quantitative estimate of drug-likeness (QED) is 0.812. The van der Waals surface area contributed by atoms with Gasteiger partial charge in [-0.15, -0.1) is 12.4 Å². The Balaban J connectivity index is 0.00000242. The van der Waals surface area contributed by atoms with E-state index in [-0.39, 0.29) is 12.4 Å². The zero-order chi connectivity index (χ0) is 15.6. The normalized spacial score (nSPS) is 16.6. The van der Waals surface area contributed by atoms with E-state index < -0.39 is 10.0 Å². The van der Waals surface area contributed by atoms with Crippen LogP contribution in [0.15, 0.2) is 29.2 Å². The molecule has 1 aromatic rings. The Hall–Kier alpha value is -0.660. The van der Waals surface area contributed by atoms with Gasteiger partial charge >= 0.3 is 0 Å². The molecule has 1 fully saturated rings. The molecule has 0 aliphatic heterocycles. The zero-order valence-corrected chi connectivity index (χ0v) is 15.0. The van der Waals surface area contributed by atoms with Crippen LogP contribution in [0.5, 0.6) is 0 Å². The van der Waals surface area contributed by atoms with Crippen LogP contribution in [0.25, 0.3) is 0 Å². The Kier molecular flexibility index (Phi) is 6.83. The van der Waals surface area contributed by atoms with Gasteiger partial charge in [0.25, 0.3) is 0 Å². The maximum Gasteiger partial charge on any atom is 0.242 e. The van der Waals surface area contributed by atoms with Crippen molar-refractivity contribution < 1.29 is 8.42 Å². The second kappa shape index (κ2) is 7.75. The van der Waals surface area contributed by atoms with Crippen LogP contribution in [0.3, 0.4) is 0 Å². The van der Waals surface area contributed by atoms with Gasteiger partial charge in [-0.1, -0.05) is 12.1 Å². The second-order valence-electron chi connectivity index (χ2n) is 5.99. The molecule has 1 aliphatic rings. The molecule has 1 unspecified atom stereocenters. The van der Waals surface area contributed by atoms with Gasteiger partial charge < -0.3 is 5.73 Å². The van der Waals surface area contributed by atoms with Crippen LogP contribution in [-0.4, -0.2) is 51.4 Å². The monoisotopic (exact) mass is 347 g/mol. The Bertz CT molecular complexity index is 571. The molecule has 0 bridgehead atoms. The summed E-state index contributed by atoms with van der Waals surface area (Å²) in [5, 5.41) is 0. The highest BCUT2D eigenvalue weighted by Gasteiger charge is 2.32. The first-order chi connectivity index (χ1) is 9.86. The van der Waals surface area contributed by atoms with Crippen molar-refractivity contribution in [1.29, 1.82) is 0 Å². The predicted molar refractivity (Wildman–Crippen MR) is 91.6 cm³/mol. The topological polar surface area (TPSA) is 66.6 Å². The number of likely N-dealkylation sites (N-methyl/N-ethyl adjacent to an activating group) is 1. The van der Waals surface area contributed by atoms with Gasteiger partial charge in [0.15, 0.2) is 0 Å². The minimum atomic E-state index is -3.35. The molecule has 5 nitrogen and oxygen atoms in total. The molecule has 0 saturated heterocycles. The maximum absolute atomic E-state index is 12.0. The van der Waals surface area contributed by atoms with Crippen LogP contribution in [0.2, 0.25) is 0 Å². The molecule has 0 amide bonds. The number of nitrogens with two attached hydrogens (primary N) is 1. The fraction of sp³-hybridized carbons (Fsp3) is 0.600. The van der Waals surface area contributed by atoms with Crippen molar-refractivity contribution in [2.45, 2.75) is 30.3 Å². The summed E-state index contributed by atoms with van der Waals surface area (Å²) in [6, 6.07) is 7.54. The largest absolute Gasteiger partial charge is 0.329 e. The second-order valence-corrected chi connectivity index (χ2v) is 8.14. The maximum atomic E-state index is 12.0. The number of halogens is 1. The van der Waals surface area contributed by atoms with Gasteiger partial charge in [0.1, 0.15) is 0 Å². The molecule has 0 radical (unpaired) electrons. The molecule has 0 spiro atoms. The van der Waals surface area contributed by atoms with Gasteiger partial charge in [-0.25, -0.2) is 12.7 Å². The third kappa shape index (κ3) is 4.43. The van der Waals surface area contributed by atoms with E-state index >= 15 is 0 Å². The number of hydrogen-bond donors (Lipinski definition) is 1. The van der Waals surface area contributed by atoms with E-state index in [0.29, 0.717) is 17.5 Å². The fourth-order valence-electron chi connectivity index (χ4n) is 2.60. The number of rotatable bonds is 7. The van der Waals surface area contributed by atoms with Gasteiger partial charge in [0, 0.05) is 33.2 Å². The Morgan fingerprint density at radius 3 is 2.14 bits per heavy atom. The molecule has 0 heterocycles. The Morgan fingerprint density at radius 2 is 1.73 bits per heavy atom. The molecule has 2 N–H and O–H groups in total. The van der Waals surface area contributed by atoms with Crippen molar-refractivity contribution in [3.05, 3.63) is 29.8 Å². The minimum absolute atomic E-state index is 0. The fourth-order valence-corrected chi connectivity index (χ4v) is 3.50. The van der Waals surface area contributed by atoms with E-state index in [1.54, 1.807) is 26.2 Å². The molecule has 126 valence electrons. The average molecular weight is 348 g/mol. The van der Waals surface area contributed by atoms with Crippen molar-refractivity contribution in [1.82, 2.24) is 9.21 Å². The lowest BCUT2D eigenvalue weighted by Crippen LogP contribution is -2.39. The first kappa shape index (κ1) is 19.4. The lowest BCUT2D eigenvalue weighted by Gasteiger charge is -2.27. The summed E-state index contributed by atoms with van der Waals surface area (Å²) in [6.07, 6.45) is 2.54. The van der Waals surface area contributed by atoms with Gasteiger partial charge in [0.2, 0.25) is 10.0 Å². The molecule has 1 aromatic carbocycles. The third-order valence-electron chi connectivity index (χ3n) is 4.11. The lowest BCUT2D eigenvalue weighted by molar-refractivity contribution is 0.215. The van der Waals surface area contributed by atoms with Gasteiger partial charge in [-0.2, -0.15) is 0 Å². The van der Waals surface area contributed by atoms with E-state index in [1.807, 2.05) is 12.1 Å². The number of sulfonamides is 1. The van der Waals surface area contributed by atoms with Gasteiger partial charge in [-0.05, 0) is 43.5 Å². The summed E-state index contributed by atoms with van der Waals surface area (Å²) in [5.41, 5.74) is 6.96. The smallest absolute Gasteiger partial charge is 0.242 e. The van der Waals surface area contributed by atoms with Gasteiger partial charge in [-0.3, -0.25) is 4.90 Å². The highest BCUT2D eigenvalue weighted by molar-refractivity contribution is 7.89. The summed E-state index contributed by atoms with van der Waals surface area (Å²) in [4.78, 5) is 2.60. The van der Waals surface area contributed by atoms with Crippen LogP contribution >= 0.6 is 12.4 Å². The standard InChI is InChI=1S/C15H25N3O2S.ClH/c1-17(2)21(19,20)14-8-4-12(5-9-14)11-18(3)15(10-16)13-6-7-13;/h4-5,8-9,13,15H,6-7,10-11,16H2,1-3H3;1H. The van der Waals surface area contributed by atoms with Crippen molar-refractivity contribution in [3.63, 3.8) is 0 Å². The summed E-state index contributed by atoms with van der Waals surface area (Å²) >= 11 is 0. The van der Waals surface area contributed by atoms with E-state index in [1.165, 1.54) is 17.1 Å².